The molecular formula is C25H35N3O3S. The third kappa shape index (κ3) is 6.33. The van der Waals surface area contributed by atoms with Gasteiger partial charge in [-0.1, -0.05) is 42.8 Å². The van der Waals surface area contributed by atoms with Crippen molar-refractivity contribution in [3.63, 3.8) is 0 Å². The van der Waals surface area contributed by atoms with Crippen LogP contribution >= 0.6 is 0 Å². The van der Waals surface area contributed by atoms with Crippen LogP contribution in [-0.2, 0) is 27.9 Å². The molecule has 1 saturated heterocycles. The van der Waals surface area contributed by atoms with Gasteiger partial charge in [0.15, 0.2) is 0 Å². The maximum absolute atomic E-state index is 13.0. The highest BCUT2D eigenvalue weighted by Crippen LogP contribution is 2.26. The molecule has 0 bridgehead atoms. The highest BCUT2D eigenvalue weighted by Gasteiger charge is 2.30. The van der Waals surface area contributed by atoms with Gasteiger partial charge in [0.2, 0.25) is 15.9 Å². The van der Waals surface area contributed by atoms with E-state index < -0.39 is 16.1 Å². The second kappa shape index (κ2) is 10.5. The molecule has 7 heteroatoms. The highest BCUT2D eigenvalue weighted by molar-refractivity contribution is 7.92. The lowest BCUT2D eigenvalue weighted by Crippen LogP contribution is -2.48. The largest absolute Gasteiger partial charge is 0.350 e. The number of piperidine rings is 1. The first-order valence-corrected chi connectivity index (χ1v) is 13.1. The fourth-order valence-electron chi connectivity index (χ4n) is 4.29. The van der Waals surface area contributed by atoms with Crippen LogP contribution in [0.3, 0.4) is 0 Å². The van der Waals surface area contributed by atoms with E-state index >= 15 is 0 Å². The third-order valence-corrected chi connectivity index (χ3v) is 7.23. The van der Waals surface area contributed by atoms with Crippen molar-refractivity contribution in [2.75, 3.05) is 23.7 Å². The molecule has 1 N–H and O–H groups in total. The van der Waals surface area contributed by atoms with E-state index in [1.165, 1.54) is 29.1 Å². The summed E-state index contributed by atoms with van der Waals surface area (Å²) in [5, 5.41) is 2.93. The van der Waals surface area contributed by atoms with Crippen LogP contribution in [0.5, 0.6) is 0 Å². The Morgan fingerprint density at radius 2 is 1.75 bits per heavy atom. The number of amides is 1. The topological polar surface area (TPSA) is 69.7 Å². The molecule has 32 heavy (non-hydrogen) atoms. The number of nitrogens with zero attached hydrogens (tertiary/aromatic N) is 2. The first kappa shape index (κ1) is 24.3. The number of anilines is 1. The minimum atomic E-state index is -3.64. The van der Waals surface area contributed by atoms with Gasteiger partial charge in [-0.2, -0.15) is 0 Å². The minimum Gasteiger partial charge on any atom is -0.350 e. The third-order valence-electron chi connectivity index (χ3n) is 6.00. The summed E-state index contributed by atoms with van der Waals surface area (Å²) >= 11 is 0. The Morgan fingerprint density at radius 3 is 2.44 bits per heavy atom. The molecule has 3 rings (SSSR count). The summed E-state index contributed by atoms with van der Waals surface area (Å²) in [5.74, 6) is -0.322. The average molecular weight is 458 g/mol. The van der Waals surface area contributed by atoms with Crippen molar-refractivity contribution in [2.45, 2.75) is 59.2 Å². The number of aryl methyl sites for hydroxylation is 2. The molecule has 2 aromatic carbocycles. The van der Waals surface area contributed by atoms with Crippen molar-refractivity contribution < 1.29 is 13.2 Å². The summed E-state index contributed by atoms with van der Waals surface area (Å²) in [7, 11) is -3.64. The van der Waals surface area contributed by atoms with E-state index in [4.69, 9.17) is 0 Å². The van der Waals surface area contributed by atoms with Crippen LogP contribution in [0.1, 0.15) is 48.4 Å². The molecule has 0 aliphatic carbocycles. The number of carbonyl (C=O) groups is 1. The summed E-state index contributed by atoms with van der Waals surface area (Å²) in [6, 6.07) is 13.0. The summed E-state index contributed by atoms with van der Waals surface area (Å²) in [4.78, 5) is 15.4. The number of sulfonamides is 1. The number of nitrogens with one attached hydrogen (secondary N) is 1. The summed E-state index contributed by atoms with van der Waals surface area (Å²) in [6.45, 7) is 8.95. The van der Waals surface area contributed by atoms with Gasteiger partial charge in [-0.05, 0) is 75.0 Å². The molecule has 1 fully saturated rings. The summed E-state index contributed by atoms with van der Waals surface area (Å²) in [5.41, 5.74) is 4.54. The predicted molar refractivity (Wildman–Crippen MR) is 130 cm³/mol. The Labute approximate surface area is 192 Å². The number of hydrogen-bond acceptors (Lipinski definition) is 4. The predicted octanol–water partition coefficient (Wildman–Crippen LogP) is 3.76. The van der Waals surface area contributed by atoms with Crippen LogP contribution in [0, 0.1) is 13.8 Å². The number of benzene rings is 2. The Hall–Kier alpha value is -2.38. The lowest BCUT2D eigenvalue weighted by atomic mass is 10.1. The molecule has 1 amide bonds. The van der Waals surface area contributed by atoms with Crippen LogP contribution in [0.2, 0.25) is 0 Å². The van der Waals surface area contributed by atoms with E-state index in [9.17, 15) is 13.2 Å². The maximum Gasteiger partial charge on any atom is 0.243 e. The summed E-state index contributed by atoms with van der Waals surface area (Å²) < 4.78 is 26.4. The van der Waals surface area contributed by atoms with Gasteiger partial charge in [-0.15, -0.1) is 0 Å². The van der Waals surface area contributed by atoms with Crippen molar-refractivity contribution in [1.29, 1.82) is 0 Å². The quantitative estimate of drug-likeness (QED) is 0.655. The first-order chi connectivity index (χ1) is 15.1. The number of rotatable bonds is 8. The molecule has 1 aliphatic rings. The average Bonchev–Trinajstić information content (AvgIpc) is 2.74. The maximum atomic E-state index is 13.0. The van der Waals surface area contributed by atoms with Crippen molar-refractivity contribution in [2.24, 2.45) is 0 Å². The molecule has 0 unspecified atom stereocenters. The van der Waals surface area contributed by atoms with Crippen LogP contribution in [-0.4, -0.2) is 44.6 Å². The Balaban J connectivity index is 1.69. The molecule has 6 nitrogen and oxygen atoms in total. The van der Waals surface area contributed by atoms with Gasteiger partial charge in [-0.25, -0.2) is 8.42 Å². The fraction of sp³-hybridized carbons (Fsp3) is 0.480. The van der Waals surface area contributed by atoms with Crippen molar-refractivity contribution in [3.05, 3.63) is 64.7 Å². The SMILES string of the molecule is Cc1ccc(C)c(N([C@@H](C)C(=O)NCc2cccc(CN3CCCCC3)c2)S(C)(=O)=O)c1. The molecule has 0 spiro atoms. The van der Waals surface area contributed by atoms with Gasteiger partial charge in [0, 0.05) is 13.1 Å². The normalized spacial score (nSPS) is 15.9. The smallest absolute Gasteiger partial charge is 0.243 e. The lowest BCUT2D eigenvalue weighted by molar-refractivity contribution is -0.122. The second-order valence-corrected chi connectivity index (χ2v) is 10.8. The van der Waals surface area contributed by atoms with Crippen molar-refractivity contribution in [3.8, 4) is 0 Å². The van der Waals surface area contributed by atoms with E-state index in [0.717, 1.165) is 42.6 Å². The van der Waals surface area contributed by atoms with Gasteiger partial charge in [-0.3, -0.25) is 14.0 Å². The van der Waals surface area contributed by atoms with Crippen molar-refractivity contribution in [1.82, 2.24) is 10.2 Å². The Morgan fingerprint density at radius 1 is 1.06 bits per heavy atom. The van der Waals surface area contributed by atoms with Gasteiger partial charge in [0.05, 0.1) is 11.9 Å². The van der Waals surface area contributed by atoms with Gasteiger partial charge in [0.25, 0.3) is 0 Å². The highest BCUT2D eigenvalue weighted by atomic mass is 32.2. The summed E-state index contributed by atoms with van der Waals surface area (Å²) in [6.07, 6.45) is 4.96. The van der Waals surface area contributed by atoms with E-state index in [-0.39, 0.29) is 5.91 Å². The van der Waals surface area contributed by atoms with Gasteiger partial charge in [0.1, 0.15) is 6.04 Å². The fourth-order valence-corrected chi connectivity index (χ4v) is 5.51. The molecule has 1 atom stereocenters. The zero-order chi connectivity index (χ0) is 23.3. The minimum absolute atomic E-state index is 0.322. The second-order valence-electron chi connectivity index (χ2n) is 8.90. The molecule has 0 radical (unpaired) electrons. The Bertz CT molecular complexity index is 1050. The zero-order valence-corrected chi connectivity index (χ0v) is 20.4. The van der Waals surface area contributed by atoms with Crippen LogP contribution in [0.25, 0.3) is 0 Å². The van der Waals surface area contributed by atoms with Gasteiger partial charge >= 0.3 is 0 Å². The lowest BCUT2D eigenvalue weighted by Gasteiger charge is -2.30. The first-order valence-electron chi connectivity index (χ1n) is 11.3. The monoisotopic (exact) mass is 457 g/mol. The standard InChI is InChI=1S/C25H35N3O3S/c1-19-11-12-20(2)24(15-19)28(32(4,30)31)21(3)25(29)26-17-22-9-8-10-23(16-22)18-27-13-6-5-7-14-27/h8-12,15-16,21H,5-7,13-14,17-18H2,1-4H3,(H,26,29)/t21-/m0/s1. The molecule has 1 aliphatic heterocycles. The van der Waals surface area contributed by atoms with Crippen molar-refractivity contribution >= 4 is 21.6 Å². The van der Waals surface area contributed by atoms with E-state index in [1.807, 2.05) is 44.2 Å². The number of hydrogen-bond donors (Lipinski definition) is 1. The Kier molecular flexibility index (Phi) is 7.96. The molecule has 174 valence electrons. The van der Waals surface area contributed by atoms with Crippen LogP contribution in [0.15, 0.2) is 42.5 Å². The molecular weight excluding hydrogens is 422 g/mol. The number of likely N-dealkylation sites (tertiary alicyclic amines) is 1. The molecule has 0 aromatic heterocycles. The zero-order valence-electron chi connectivity index (χ0n) is 19.6. The molecule has 2 aromatic rings. The van der Waals surface area contributed by atoms with Crippen LogP contribution < -0.4 is 9.62 Å². The molecule has 0 saturated carbocycles. The van der Waals surface area contributed by atoms with Gasteiger partial charge < -0.3 is 5.32 Å². The van der Waals surface area contributed by atoms with E-state index in [0.29, 0.717) is 12.2 Å². The van der Waals surface area contributed by atoms with Crippen LogP contribution in [0.4, 0.5) is 5.69 Å². The van der Waals surface area contributed by atoms with E-state index in [2.05, 4.69) is 22.3 Å². The molecule has 1 heterocycles. The van der Waals surface area contributed by atoms with E-state index in [1.54, 1.807) is 6.92 Å². The number of carbonyl (C=O) groups excluding carboxylic acids is 1.